The van der Waals surface area contributed by atoms with Crippen LogP contribution in [0.3, 0.4) is 0 Å². The van der Waals surface area contributed by atoms with Crippen LogP contribution >= 0.6 is 0 Å². The number of halogens is 1. The number of anilines is 1. The highest BCUT2D eigenvalue weighted by Gasteiger charge is 2.14. The summed E-state index contributed by atoms with van der Waals surface area (Å²) < 4.78 is 28.9. The third-order valence-corrected chi connectivity index (χ3v) is 2.66. The molecule has 17 heavy (non-hydrogen) atoms. The van der Waals surface area contributed by atoms with Gasteiger partial charge in [-0.3, -0.25) is 0 Å². The lowest BCUT2D eigenvalue weighted by Gasteiger charge is -2.23. The van der Waals surface area contributed by atoms with E-state index in [1.165, 1.54) is 6.07 Å². The van der Waals surface area contributed by atoms with E-state index in [2.05, 4.69) is 5.32 Å². The molecule has 1 aliphatic rings. The van der Waals surface area contributed by atoms with Crippen LogP contribution in [0.2, 0.25) is 0 Å². The minimum absolute atomic E-state index is 0.0642. The van der Waals surface area contributed by atoms with Crippen molar-refractivity contribution < 1.29 is 18.6 Å². The summed E-state index contributed by atoms with van der Waals surface area (Å²) in [7, 11) is 1.55. The standard InChI is InChI=1S/C12H16FNO3/c1-15-9-2-3-11(13)12(6-9)14-7-10-4-5-16-8-17-10/h2-3,6,10,14H,4-5,7-8H2,1H3. The maximum Gasteiger partial charge on any atom is 0.147 e. The first-order valence-electron chi connectivity index (χ1n) is 5.56. The van der Waals surface area contributed by atoms with Gasteiger partial charge < -0.3 is 19.5 Å². The Labute approximate surface area is 99.7 Å². The molecule has 1 atom stereocenters. The minimum Gasteiger partial charge on any atom is -0.497 e. The van der Waals surface area contributed by atoms with Crippen LogP contribution in [0.1, 0.15) is 6.42 Å². The summed E-state index contributed by atoms with van der Waals surface area (Å²) in [4.78, 5) is 0. The lowest BCUT2D eigenvalue weighted by Crippen LogP contribution is -2.30. The Balaban J connectivity index is 1.92. The summed E-state index contributed by atoms with van der Waals surface area (Å²) in [6.07, 6.45) is 0.882. The molecule has 1 aromatic carbocycles. The van der Waals surface area contributed by atoms with E-state index in [1.54, 1.807) is 19.2 Å². The SMILES string of the molecule is COc1ccc(F)c(NCC2CCOCO2)c1. The predicted octanol–water partition coefficient (Wildman–Crippen LogP) is 2.01. The van der Waals surface area contributed by atoms with Crippen molar-refractivity contribution in [3.63, 3.8) is 0 Å². The number of methoxy groups -OCH3 is 1. The van der Waals surface area contributed by atoms with Crippen molar-refractivity contribution >= 4 is 5.69 Å². The third-order valence-electron chi connectivity index (χ3n) is 2.66. The molecule has 5 heteroatoms. The second-order valence-corrected chi connectivity index (χ2v) is 3.83. The Morgan fingerprint density at radius 3 is 3.12 bits per heavy atom. The largest absolute Gasteiger partial charge is 0.497 e. The van der Waals surface area contributed by atoms with Gasteiger partial charge in [-0.25, -0.2) is 4.39 Å². The second kappa shape index (κ2) is 5.84. The summed E-state index contributed by atoms with van der Waals surface area (Å²) in [5.41, 5.74) is 0.430. The molecule has 0 aliphatic carbocycles. The van der Waals surface area contributed by atoms with Gasteiger partial charge >= 0.3 is 0 Å². The molecule has 1 heterocycles. The van der Waals surface area contributed by atoms with E-state index in [-0.39, 0.29) is 11.9 Å². The Morgan fingerprint density at radius 1 is 1.53 bits per heavy atom. The molecule has 1 aliphatic heterocycles. The molecular formula is C12H16FNO3. The minimum atomic E-state index is -0.294. The topological polar surface area (TPSA) is 39.7 Å². The quantitative estimate of drug-likeness (QED) is 0.875. The van der Waals surface area contributed by atoms with Crippen molar-refractivity contribution in [1.29, 1.82) is 0 Å². The number of hydrogen-bond acceptors (Lipinski definition) is 4. The van der Waals surface area contributed by atoms with Crippen molar-refractivity contribution in [3.8, 4) is 5.75 Å². The van der Waals surface area contributed by atoms with Crippen LogP contribution in [0.15, 0.2) is 18.2 Å². The van der Waals surface area contributed by atoms with Gasteiger partial charge in [0.05, 0.1) is 25.5 Å². The molecule has 1 N–H and O–H groups in total. The lowest BCUT2D eigenvalue weighted by atomic mass is 10.2. The summed E-state index contributed by atoms with van der Waals surface area (Å²) in [5, 5.41) is 3.02. The zero-order chi connectivity index (χ0) is 12.1. The molecule has 1 unspecified atom stereocenters. The van der Waals surface area contributed by atoms with Crippen molar-refractivity contribution in [2.24, 2.45) is 0 Å². The smallest absolute Gasteiger partial charge is 0.147 e. The highest BCUT2D eigenvalue weighted by molar-refractivity contribution is 5.49. The van der Waals surface area contributed by atoms with Gasteiger partial charge in [-0.05, 0) is 18.6 Å². The fourth-order valence-corrected chi connectivity index (χ4v) is 1.65. The predicted molar refractivity (Wildman–Crippen MR) is 61.8 cm³/mol. The van der Waals surface area contributed by atoms with Crippen LogP contribution in [0.25, 0.3) is 0 Å². The van der Waals surface area contributed by atoms with Crippen LogP contribution in [-0.4, -0.2) is 33.2 Å². The van der Waals surface area contributed by atoms with Gasteiger partial charge in [0.15, 0.2) is 0 Å². The first kappa shape index (κ1) is 12.1. The number of rotatable bonds is 4. The van der Waals surface area contributed by atoms with E-state index < -0.39 is 0 Å². The van der Waals surface area contributed by atoms with Crippen LogP contribution in [0.4, 0.5) is 10.1 Å². The Morgan fingerprint density at radius 2 is 2.41 bits per heavy atom. The van der Waals surface area contributed by atoms with Crippen LogP contribution in [0, 0.1) is 5.82 Å². The molecule has 0 amide bonds. The van der Waals surface area contributed by atoms with Gasteiger partial charge in [0, 0.05) is 12.6 Å². The molecule has 1 aromatic rings. The molecular weight excluding hydrogens is 225 g/mol. The normalized spacial score (nSPS) is 20.0. The maximum absolute atomic E-state index is 13.5. The highest BCUT2D eigenvalue weighted by atomic mass is 19.1. The molecule has 4 nitrogen and oxygen atoms in total. The molecule has 0 aromatic heterocycles. The van der Waals surface area contributed by atoms with Gasteiger partial charge in [-0.2, -0.15) is 0 Å². The van der Waals surface area contributed by atoms with Crippen LogP contribution in [-0.2, 0) is 9.47 Å². The van der Waals surface area contributed by atoms with E-state index in [1.807, 2.05) is 0 Å². The van der Waals surface area contributed by atoms with Gasteiger partial charge in [-0.15, -0.1) is 0 Å². The Hall–Kier alpha value is -1.33. The maximum atomic E-state index is 13.5. The fraction of sp³-hybridized carbons (Fsp3) is 0.500. The van der Waals surface area contributed by atoms with Gasteiger partial charge in [-0.1, -0.05) is 0 Å². The average Bonchev–Trinajstić information content (AvgIpc) is 2.39. The third kappa shape index (κ3) is 3.31. The van der Waals surface area contributed by atoms with Crippen molar-refractivity contribution in [1.82, 2.24) is 0 Å². The summed E-state index contributed by atoms with van der Waals surface area (Å²) >= 11 is 0. The van der Waals surface area contributed by atoms with Crippen molar-refractivity contribution in [2.45, 2.75) is 12.5 Å². The molecule has 2 rings (SSSR count). The van der Waals surface area contributed by atoms with Crippen LogP contribution in [0.5, 0.6) is 5.75 Å². The molecule has 0 radical (unpaired) electrons. The van der Waals surface area contributed by atoms with Gasteiger partial charge in [0.2, 0.25) is 0 Å². The van der Waals surface area contributed by atoms with Crippen molar-refractivity contribution in [2.75, 3.05) is 32.4 Å². The van der Waals surface area contributed by atoms with E-state index in [4.69, 9.17) is 14.2 Å². The Bertz CT molecular complexity index is 367. The second-order valence-electron chi connectivity index (χ2n) is 3.83. The zero-order valence-electron chi connectivity index (χ0n) is 9.74. The van der Waals surface area contributed by atoms with E-state index in [0.717, 1.165) is 6.42 Å². The summed E-state index contributed by atoms with van der Waals surface area (Å²) in [6.45, 7) is 1.56. The first-order chi connectivity index (χ1) is 8.29. The molecule has 1 saturated heterocycles. The van der Waals surface area contributed by atoms with E-state index in [0.29, 0.717) is 31.4 Å². The van der Waals surface area contributed by atoms with Gasteiger partial charge in [0.1, 0.15) is 18.4 Å². The first-order valence-corrected chi connectivity index (χ1v) is 5.56. The van der Waals surface area contributed by atoms with Crippen LogP contribution < -0.4 is 10.1 Å². The molecule has 1 fully saturated rings. The van der Waals surface area contributed by atoms with E-state index in [9.17, 15) is 4.39 Å². The summed E-state index contributed by atoms with van der Waals surface area (Å²) in [5.74, 6) is 0.333. The fourth-order valence-electron chi connectivity index (χ4n) is 1.65. The number of hydrogen-bond donors (Lipinski definition) is 1. The molecule has 0 saturated carbocycles. The zero-order valence-corrected chi connectivity index (χ0v) is 9.74. The average molecular weight is 241 g/mol. The Kier molecular flexibility index (Phi) is 4.17. The number of benzene rings is 1. The number of ether oxygens (including phenoxy) is 3. The summed E-state index contributed by atoms with van der Waals surface area (Å²) in [6, 6.07) is 4.60. The van der Waals surface area contributed by atoms with Gasteiger partial charge in [0.25, 0.3) is 0 Å². The number of nitrogens with one attached hydrogen (secondary N) is 1. The van der Waals surface area contributed by atoms with Crippen molar-refractivity contribution in [3.05, 3.63) is 24.0 Å². The molecule has 0 spiro atoms. The monoisotopic (exact) mass is 241 g/mol. The lowest BCUT2D eigenvalue weighted by molar-refractivity contribution is -0.133. The molecule has 0 bridgehead atoms. The van der Waals surface area contributed by atoms with E-state index >= 15 is 0 Å². The molecule has 94 valence electrons. The highest BCUT2D eigenvalue weighted by Crippen LogP contribution is 2.21.